The predicted molar refractivity (Wildman–Crippen MR) is 79.5 cm³/mol. The number of hydrogen-bond acceptors (Lipinski definition) is 2. The number of benzene rings is 1. The Morgan fingerprint density at radius 2 is 1.80 bits per heavy atom. The van der Waals surface area contributed by atoms with Crippen molar-refractivity contribution in [3.63, 3.8) is 0 Å². The van der Waals surface area contributed by atoms with Crippen LogP contribution in [0.4, 0.5) is 5.69 Å². The fourth-order valence-electron chi connectivity index (χ4n) is 1.85. The molecule has 4 heteroatoms. The number of anilines is 1. The van der Waals surface area contributed by atoms with Crippen LogP contribution in [0.3, 0.4) is 0 Å². The van der Waals surface area contributed by atoms with Crippen LogP contribution in [-0.4, -0.2) is 17.9 Å². The molecule has 0 saturated heterocycles. The molecule has 1 aliphatic rings. The summed E-state index contributed by atoms with van der Waals surface area (Å²) in [6.45, 7) is 7.22. The minimum atomic E-state index is -1.07. The third-order valence-corrected chi connectivity index (χ3v) is 3.69. The van der Waals surface area contributed by atoms with Crippen LogP contribution in [0.1, 0.15) is 37.8 Å². The highest BCUT2D eigenvalue weighted by molar-refractivity contribution is 6.10. The van der Waals surface area contributed by atoms with E-state index >= 15 is 0 Å². The minimum Gasteiger partial charge on any atom is -0.352 e. The maximum absolute atomic E-state index is 12.4. The van der Waals surface area contributed by atoms with Crippen molar-refractivity contribution < 1.29 is 9.59 Å². The van der Waals surface area contributed by atoms with Crippen LogP contribution in [-0.2, 0) is 9.59 Å². The van der Waals surface area contributed by atoms with Crippen LogP contribution in [0, 0.1) is 19.3 Å². The van der Waals surface area contributed by atoms with E-state index in [4.69, 9.17) is 0 Å². The molecule has 0 unspecified atom stereocenters. The van der Waals surface area contributed by atoms with Gasteiger partial charge in [-0.3, -0.25) is 9.59 Å². The highest BCUT2D eigenvalue weighted by Gasteiger charge is 2.38. The van der Waals surface area contributed by atoms with Gasteiger partial charge in [-0.25, -0.2) is 0 Å². The predicted octanol–water partition coefficient (Wildman–Crippen LogP) is 2.55. The fourth-order valence-corrected chi connectivity index (χ4v) is 1.85. The summed E-state index contributed by atoms with van der Waals surface area (Å²) in [4.78, 5) is 24.5. The van der Waals surface area contributed by atoms with E-state index in [0.717, 1.165) is 29.7 Å². The molecule has 0 spiro atoms. The molecule has 2 N–H and O–H groups in total. The first-order chi connectivity index (χ1) is 9.30. The Hall–Kier alpha value is -1.84. The Balaban J connectivity index is 2.09. The number of amides is 2. The highest BCUT2D eigenvalue weighted by Crippen LogP contribution is 2.25. The van der Waals surface area contributed by atoms with Crippen LogP contribution in [0.5, 0.6) is 0 Å². The second-order valence-electron chi connectivity index (χ2n) is 6.15. The van der Waals surface area contributed by atoms with Crippen LogP contribution >= 0.6 is 0 Å². The molecule has 108 valence electrons. The maximum atomic E-state index is 12.4. The quantitative estimate of drug-likeness (QED) is 0.829. The summed E-state index contributed by atoms with van der Waals surface area (Å²) in [7, 11) is 0. The lowest BCUT2D eigenvalue weighted by atomic mass is 9.90. The molecular weight excluding hydrogens is 252 g/mol. The van der Waals surface area contributed by atoms with E-state index in [0.29, 0.717) is 0 Å². The monoisotopic (exact) mass is 274 g/mol. The second kappa shape index (κ2) is 5.27. The summed E-state index contributed by atoms with van der Waals surface area (Å²) in [5.41, 5.74) is 1.76. The minimum absolute atomic E-state index is 0.206. The molecule has 1 fully saturated rings. The number of hydrogen-bond donors (Lipinski definition) is 2. The number of nitrogens with one attached hydrogen (secondary N) is 2. The molecule has 20 heavy (non-hydrogen) atoms. The molecule has 0 aliphatic heterocycles. The van der Waals surface area contributed by atoms with Crippen molar-refractivity contribution >= 4 is 17.5 Å². The summed E-state index contributed by atoms with van der Waals surface area (Å²) in [5.74, 6) is -0.479. The lowest BCUT2D eigenvalue weighted by Gasteiger charge is -2.23. The Kier molecular flexibility index (Phi) is 3.84. The largest absolute Gasteiger partial charge is 0.352 e. The van der Waals surface area contributed by atoms with Gasteiger partial charge in [-0.2, -0.15) is 0 Å². The van der Waals surface area contributed by atoms with Gasteiger partial charge in [-0.1, -0.05) is 12.1 Å². The average Bonchev–Trinajstić information content (AvgIpc) is 3.17. The molecule has 0 heterocycles. The molecule has 1 aliphatic carbocycles. The SMILES string of the molecule is Cc1ccc(C)c(NC(=O)C(C)(C)C(=O)NC2CC2)c1. The molecule has 1 aromatic carbocycles. The third kappa shape index (κ3) is 3.18. The molecule has 0 bridgehead atoms. The summed E-state index contributed by atoms with van der Waals surface area (Å²) in [6, 6.07) is 6.13. The van der Waals surface area contributed by atoms with Crippen LogP contribution in [0.25, 0.3) is 0 Å². The summed E-state index contributed by atoms with van der Waals surface area (Å²) < 4.78 is 0. The van der Waals surface area contributed by atoms with Gasteiger partial charge < -0.3 is 10.6 Å². The lowest BCUT2D eigenvalue weighted by Crippen LogP contribution is -2.45. The number of rotatable bonds is 4. The zero-order valence-electron chi connectivity index (χ0n) is 12.5. The molecule has 1 saturated carbocycles. The van der Waals surface area contributed by atoms with Gasteiger partial charge in [0, 0.05) is 11.7 Å². The first-order valence-electron chi connectivity index (χ1n) is 7.00. The van der Waals surface area contributed by atoms with E-state index in [1.165, 1.54) is 0 Å². The Morgan fingerprint density at radius 3 is 2.40 bits per heavy atom. The zero-order valence-corrected chi connectivity index (χ0v) is 12.5. The maximum Gasteiger partial charge on any atom is 0.239 e. The van der Waals surface area contributed by atoms with Crippen molar-refractivity contribution in [2.24, 2.45) is 5.41 Å². The number of carbonyl (C=O) groups is 2. The van der Waals surface area contributed by atoms with Gasteiger partial charge in [0.25, 0.3) is 0 Å². The second-order valence-corrected chi connectivity index (χ2v) is 6.15. The molecule has 0 radical (unpaired) electrons. The van der Waals surface area contributed by atoms with E-state index in [2.05, 4.69) is 10.6 Å². The molecular formula is C16H22N2O2. The fraction of sp³-hybridized carbons (Fsp3) is 0.500. The van der Waals surface area contributed by atoms with Crippen LogP contribution < -0.4 is 10.6 Å². The standard InChI is InChI=1S/C16H22N2O2/c1-10-5-6-11(2)13(9-10)18-15(20)16(3,4)14(19)17-12-7-8-12/h5-6,9,12H,7-8H2,1-4H3,(H,17,19)(H,18,20). The van der Waals surface area contributed by atoms with E-state index in [1.54, 1.807) is 13.8 Å². The number of aryl methyl sites for hydroxylation is 2. The van der Waals surface area contributed by atoms with Crippen LogP contribution in [0.15, 0.2) is 18.2 Å². The lowest BCUT2D eigenvalue weighted by molar-refractivity contribution is -0.138. The smallest absolute Gasteiger partial charge is 0.239 e. The Bertz CT molecular complexity index is 545. The van der Waals surface area contributed by atoms with Gasteiger partial charge in [-0.15, -0.1) is 0 Å². The highest BCUT2D eigenvalue weighted by atomic mass is 16.2. The topological polar surface area (TPSA) is 58.2 Å². The number of carbonyl (C=O) groups excluding carboxylic acids is 2. The Labute approximate surface area is 119 Å². The van der Waals surface area contributed by atoms with Gasteiger partial charge in [0.2, 0.25) is 11.8 Å². The van der Waals surface area contributed by atoms with Crippen molar-refractivity contribution in [3.05, 3.63) is 29.3 Å². The average molecular weight is 274 g/mol. The van der Waals surface area contributed by atoms with Crippen molar-refractivity contribution in [1.29, 1.82) is 0 Å². The van der Waals surface area contributed by atoms with E-state index in [1.807, 2.05) is 32.0 Å². The van der Waals surface area contributed by atoms with Gasteiger partial charge in [0.15, 0.2) is 0 Å². The van der Waals surface area contributed by atoms with Crippen molar-refractivity contribution in [3.8, 4) is 0 Å². The van der Waals surface area contributed by atoms with Gasteiger partial charge >= 0.3 is 0 Å². The molecule has 2 amide bonds. The van der Waals surface area contributed by atoms with E-state index < -0.39 is 5.41 Å². The van der Waals surface area contributed by atoms with Gasteiger partial charge in [0.05, 0.1) is 0 Å². The third-order valence-electron chi connectivity index (χ3n) is 3.69. The first-order valence-corrected chi connectivity index (χ1v) is 7.00. The first kappa shape index (κ1) is 14.6. The van der Waals surface area contributed by atoms with Crippen molar-refractivity contribution in [1.82, 2.24) is 5.32 Å². The zero-order chi connectivity index (χ0) is 14.9. The molecule has 2 rings (SSSR count). The summed E-state index contributed by atoms with van der Waals surface area (Å²) in [5, 5.41) is 5.75. The molecule has 1 aromatic rings. The summed E-state index contributed by atoms with van der Waals surface area (Å²) in [6.07, 6.45) is 2.03. The Morgan fingerprint density at radius 1 is 1.15 bits per heavy atom. The van der Waals surface area contributed by atoms with Crippen LogP contribution in [0.2, 0.25) is 0 Å². The summed E-state index contributed by atoms with van der Waals surface area (Å²) >= 11 is 0. The van der Waals surface area contributed by atoms with Crippen molar-refractivity contribution in [2.75, 3.05) is 5.32 Å². The molecule has 0 atom stereocenters. The van der Waals surface area contributed by atoms with Gasteiger partial charge in [-0.05, 0) is 57.7 Å². The molecule has 4 nitrogen and oxygen atoms in total. The van der Waals surface area contributed by atoms with E-state index in [-0.39, 0.29) is 17.9 Å². The molecule has 0 aromatic heterocycles. The van der Waals surface area contributed by atoms with Crippen molar-refractivity contribution in [2.45, 2.75) is 46.6 Å². The normalized spacial score (nSPS) is 14.8. The van der Waals surface area contributed by atoms with E-state index in [9.17, 15) is 9.59 Å². The van der Waals surface area contributed by atoms with Gasteiger partial charge in [0.1, 0.15) is 5.41 Å².